The van der Waals surface area contributed by atoms with Crippen LogP contribution in [0.2, 0.25) is 0 Å². The maximum Gasteiger partial charge on any atom is 0.345 e. The first-order valence-corrected chi connectivity index (χ1v) is 3.63. The molecular formula is C6H7NO2S. The normalized spacial score (nSPS) is 9.70. The SMILES string of the molecule is NCc1csc(C(=O)O)c1. The summed E-state index contributed by atoms with van der Waals surface area (Å²) in [6.45, 7) is 0.407. The molecule has 0 unspecified atom stereocenters. The van der Waals surface area contributed by atoms with Crippen molar-refractivity contribution in [2.24, 2.45) is 5.73 Å². The maximum atomic E-state index is 10.3. The number of carboxylic acid groups (broad SMARTS) is 1. The van der Waals surface area contributed by atoms with Crippen LogP contribution in [0.3, 0.4) is 0 Å². The molecule has 0 atom stereocenters. The van der Waals surface area contributed by atoms with E-state index in [-0.39, 0.29) is 0 Å². The Kier molecular flexibility index (Phi) is 2.03. The zero-order valence-electron chi connectivity index (χ0n) is 5.20. The van der Waals surface area contributed by atoms with Gasteiger partial charge < -0.3 is 10.8 Å². The van der Waals surface area contributed by atoms with Gasteiger partial charge in [0, 0.05) is 6.54 Å². The molecule has 3 nitrogen and oxygen atoms in total. The molecule has 0 amide bonds. The molecule has 3 N–H and O–H groups in total. The topological polar surface area (TPSA) is 63.3 Å². The van der Waals surface area contributed by atoms with E-state index in [1.54, 1.807) is 11.4 Å². The number of hydrogen-bond donors (Lipinski definition) is 2. The van der Waals surface area contributed by atoms with Crippen LogP contribution in [0.1, 0.15) is 15.2 Å². The first kappa shape index (κ1) is 7.24. The van der Waals surface area contributed by atoms with Crippen molar-refractivity contribution in [2.45, 2.75) is 6.54 Å². The monoisotopic (exact) mass is 157 g/mol. The van der Waals surface area contributed by atoms with Gasteiger partial charge in [-0.1, -0.05) is 0 Å². The zero-order valence-corrected chi connectivity index (χ0v) is 6.02. The lowest BCUT2D eigenvalue weighted by Gasteiger charge is -1.83. The maximum absolute atomic E-state index is 10.3. The summed E-state index contributed by atoms with van der Waals surface area (Å²) in [5.41, 5.74) is 6.15. The fourth-order valence-corrected chi connectivity index (χ4v) is 1.36. The van der Waals surface area contributed by atoms with Gasteiger partial charge in [-0.05, 0) is 17.0 Å². The van der Waals surface area contributed by atoms with Gasteiger partial charge in [-0.15, -0.1) is 11.3 Å². The van der Waals surface area contributed by atoms with Gasteiger partial charge in [0.2, 0.25) is 0 Å². The summed E-state index contributed by atoms with van der Waals surface area (Å²) in [6, 6.07) is 1.59. The zero-order chi connectivity index (χ0) is 7.56. The fraction of sp³-hybridized carbons (Fsp3) is 0.167. The van der Waals surface area contributed by atoms with Crippen molar-refractivity contribution in [3.05, 3.63) is 21.9 Å². The molecule has 0 spiro atoms. The quantitative estimate of drug-likeness (QED) is 0.670. The molecule has 10 heavy (non-hydrogen) atoms. The Bertz CT molecular complexity index is 244. The average molecular weight is 157 g/mol. The molecule has 0 saturated heterocycles. The van der Waals surface area contributed by atoms with E-state index in [0.29, 0.717) is 11.4 Å². The minimum atomic E-state index is -0.885. The molecule has 54 valence electrons. The number of aromatic carboxylic acids is 1. The molecule has 0 aliphatic rings. The van der Waals surface area contributed by atoms with Crippen LogP contribution in [0.25, 0.3) is 0 Å². The second-order valence-electron chi connectivity index (χ2n) is 1.83. The van der Waals surface area contributed by atoms with Crippen LogP contribution >= 0.6 is 11.3 Å². The molecule has 0 aromatic carbocycles. The third kappa shape index (κ3) is 1.34. The van der Waals surface area contributed by atoms with Crippen molar-refractivity contribution in [3.8, 4) is 0 Å². The molecule has 1 rings (SSSR count). The van der Waals surface area contributed by atoms with Crippen LogP contribution in [0.5, 0.6) is 0 Å². The summed E-state index contributed by atoms with van der Waals surface area (Å²) >= 11 is 1.20. The van der Waals surface area contributed by atoms with Gasteiger partial charge in [0.25, 0.3) is 0 Å². The van der Waals surface area contributed by atoms with Gasteiger partial charge in [0.15, 0.2) is 0 Å². The summed E-state index contributed by atoms with van der Waals surface area (Å²) in [5, 5.41) is 10.2. The molecule has 0 fully saturated rings. The molecular weight excluding hydrogens is 150 g/mol. The van der Waals surface area contributed by atoms with Crippen LogP contribution in [0, 0.1) is 0 Å². The molecule has 1 heterocycles. The van der Waals surface area contributed by atoms with E-state index in [1.165, 1.54) is 11.3 Å². The molecule has 0 radical (unpaired) electrons. The largest absolute Gasteiger partial charge is 0.477 e. The molecule has 0 bridgehead atoms. The van der Waals surface area contributed by atoms with E-state index in [9.17, 15) is 4.79 Å². The predicted molar refractivity (Wildman–Crippen MR) is 39.2 cm³/mol. The van der Waals surface area contributed by atoms with Crippen molar-refractivity contribution >= 4 is 17.3 Å². The summed E-state index contributed by atoms with van der Waals surface area (Å²) in [6.07, 6.45) is 0. The Morgan fingerprint density at radius 2 is 2.50 bits per heavy atom. The second kappa shape index (κ2) is 2.81. The molecule has 0 aliphatic heterocycles. The van der Waals surface area contributed by atoms with Gasteiger partial charge in [0.1, 0.15) is 4.88 Å². The summed E-state index contributed by atoms with van der Waals surface area (Å²) in [4.78, 5) is 10.6. The van der Waals surface area contributed by atoms with Gasteiger partial charge in [-0.3, -0.25) is 0 Å². The van der Waals surface area contributed by atoms with Crippen molar-refractivity contribution < 1.29 is 9.90 Å². The van der Waals surface area contributed by atoms with E-state index >= 15 is 0 Å². The molecule has 0 saturated carbocycles. The Labute approximate surface area is 62.1 Å². The summed E-state index contributed by atoms with van der Waals surface area (Å²) in [7, 11) is 0. The number of thiophene rings is 1. The van der Waals surface area contributed by atoms with Gasteiger partial charge in [0.05, 0.1) is 0 Å². The molecule has 1 aromatic rings. The van der Waals surface area contributed by atoms with Gasteiger partial charge in [-0.2, -0.15) is 0 Å². The van der Waals surface area contributed by atoms with Crippen LogP contribution in [0.4, 0.5) is 0 Å². The van der Waals surface area contributed by atoms with E-state index < -0.39 is 5.97 Å². The average Bonchev–Trinajstić information content (AvgIpc) is 2.34. The lowest BCUT2D eigenvalue weighted by Crippen LogP contribution is -1.94. The second-order valence-corrected chi connectivity index (χ2v) is 2.74. The van der Waals surface area contributed by atoms with Gasteiger partial charge in [-0.25, -0.2) is 4.79 Å². The van der Waals surface area contributed by atoms with Crippen LogP contribution in [0.15, 0.2) is 11.4 Å². The number of carbonyl (C=O) groups is 1. The minimum Gasteiger partial charge on any atom is -0.477 e. The highest BCUT2D eigenvalue weighted by Gasteiger charge is 2.04. The number of rotatable bonds is 2. The standard InChI is InChI=1S/C6H7NO2S/c7-2-4-1-5(6(8)9)10-3-4/h1,3H,2,7H2,(H,8,9). The Morgan fingerprint density at radius 3 is 2.80 bits per heavy atom. The Hall–Kier alpha value is -0.870. The van der Waals surface area contributed by atoms with E-state index in [1.807, 2.05) is 0 Å². The van der Waals surface area contributed by atoms with E-state index in [0.717, 1.165) is 5.56 Å². The van der Waals surface area contributed by atoms with Crippen molar-refractivity contribution in [2.75, 3.05) is 0 Å². The van der Waals surface area contributed by atoms with E-state index in [4.69, 9.17) is 10.8 Å². The first-order chi connectivity index (χ1) is 4.74. The lowest BCUT2D eigenvalue weighted by atomic mass is 10.3. The van der Waals surface area contributed by atoms with Crippen molar-refractivity contribution in [3.63, 3.8) is 0 Å². The molecule has 0 aliphatic carbocycles. The van der Waals surface area contributed by atoms with Crippen LogP contribution < -0.4 is 5.73 Å². The highest BCUT2D eigenvalue weighted by atomic mass is 32.1. The van der Waals surface area contributed by atoms with Crippen molar-refractivity contribution in [1.29, 1.82) is 0 Å². The summed E-state index contributed by atoms with van der Waals surface area (Å²) in [5.74, 6) is -0.885. The van der Waals surface area contributed by atoms with Gasteiger partial charge >= 0.3 is 5.97 Å². The third-order valence-corrected chi connectivity index (χ3v) is 2.07. The first-order valence-electron chi connectivity index (χ1n) is 2.75. The molecule has 4 heteroatoms. The number of carboxylic acids is 1. The smallest absolute Gasteiger partial charge is 0.345 e. The Balaban J connectivity index is 2.88. The highest BCUT2D eigenvalue weighted by molar-refractivity contribution is 7.12. The van der Waals surface area contributed by atoms with Crippen LogP contribution in [-0.4, -0.2) is 11.1 Å². The highest BCUT2D eigenvalue weighted by Crippen LogP contribution is 2.13. The van der Waals surface area contributed by atoms with E-state index in [2.05, 4.69) is 0 Å². The summed E-state index contributed by atoms with van der Waals surface area (Å²) < 4.78 is 0. The molecule has 1 aromatic heterocycles. The fourth-order valence-electron chi connectivity index (χ4n) is 0.595. The number of nitrogens with two attached hydrogens (primary N) is 1. The number of hydrogen-bond acceptors (Lipinski definition) is 3. The third-order valence-electron chi connectivity index (χ3n) is 1.10. The minimum absolute atomic E-state index is 0.348. The van der Waals surface area contributed by atoms with Crippen molar-refractivity contribution in [1.82, 2.24) is 0 Å². The Morgan fingerprint density at radius 1 is 1.80 bits per heavy atom. The predicted octanol–water partition coefficient (Wildman–Crippen LogP) is 0.905. The van der Waals surface area contributed by atoms with Crippen LogP contribution in [-0.2, 0) is 6.54 Å². The lowest BCUT2D eigenvalue weighted by molar-refractivity contribution is 0.0702.